The number of anilines is 2. The number of hydrogen-bond donors (Lipinski definition) is 1. The molecule has 2 aromatic rings. The smallest absolute Gasteiger partial charge is 0.238 e. The van der Waals surface area contributed by atoms with E-state index in [0.717, 1.165) is 17.6 Å². The lowest BCUT2D eigenvalue weighted by Gasteiger charge is -2.25. The van der Waals surface area contributed by atoms with Crippen LogP contribution in [-0.2, 0) is 0 Å². The topological polar surface area (TPSA) is 44.3 Å². The van der Waals surface area contributed by atoms with Crippen molar-refractivity contribution in [3.63, 3.8) is 0 Å². The molecule has 114 valence electrons. The van der Waals surface area contributed by atoms with E-state index >= 15 is 0 Å². The van der Waals surface area contributed by atoms with Gasteiger partial charge in [0.1, 0.15) is 0 Å². The average Bonchev–Trinajstić information content (AvgIpc) is 2.87. The van der Waals surface area contributed by atoms with Crippen molar-refractivity contribution in [1.82, 2.24) is 14.3 Å². The molecule has 0 aliphatic rings. The quantitative estimate of drug-likeness (QED) is 0.889. The van der Waals surface area contributed by atoms with Crippen LogP contribution in [-0.4, -0.2) is 49.0 Å². The summed E-state index contributed by atoms with van der Waals surface area (Å²) in [4.78, 5) is 8.58. The molecule has 1 aromatic heterocycles. The van der Waals surface area contributed by atoms with Crippen molar-refractivity contribution >= 4 is 22.6 Å². The molecule has 1 aromatic carbocycles. The van der Waals surface area contributed by atoms with Crippen LogP contribution in [0.5, 0.6) is 0 Å². The Hall–Kier alpha value is -1.66. The van der Waals surface area contributed by atoms with Crippen LogP contribution in [0.1, 0.15) is 17.2 Å². The standard InChI is InChI=1S/C15H23N5S/c1-11-7-6-8-12(9-11)13(19(2)3)10-16-15-17-14(18-21-15)20(4)5/h6-9,13H,10H2,1-5H3,(H,16,17,18)/t13-/m0/s1. The first-order valence-corrected chi connectivity index (χ1v) is 7.72. The van der Waals surface area contributed by atoms with E-state index in [2.05, 4.69) is 64.9 Å². The van der Waals surface area contributed by atoms with Crippen molar-refractivity contribution < 1.29 is 0 Å². The number of aryl methyl sites for hydroxylation is 1. The molecule has 1 heterocycles. The van der Waals surface area contributed by atoms with Gasteiger partial charge in [0.05, 0.1) is 6.04 Å². The largest absolute Gasteiger partial charge is 0.358 e. The molecular weight excluding hydrogens is 282 g/mol. The van der Waals surface area contributed by atoms with Crippen LogP contribution in [0, 0.1) is 6.92 Å². The van der Waals surface area contributed by atoms with Crippen LogP contribution in [0.25, 0.3) is 0 Å². The molecule has 21 heavy (non-hydrogen) atoms. The van der Waals surface area contributed by atoms with E-state index in [1.54, 1.807) is 0 Å². The summed E-state index contributed by atoms with van der Waals surface area (Å²) < 4.78 is 4.31. The molecule has 0 saturated heterocycles. The van der Waals surface area contributed by atoms with Gasteiger partial charge in [0.15, 0.2) is 0 Å². The first-order valence-electron chi connectivity index (χ1n) is 6.95. The lowest BCUT2D eigenvalue weighted by Crippen LogP contribution is -2.26. The third-order valence-electron chi connectivity index (χ3n) is 3.31. The molecule has 1 N–H and O–H groups in total. The third-order valence-corrected chi connectivity index (χ3v) is 3.98. The van der Waals surface area contributed by atoms with Crippen LogP contribution < -0.4 is 10.2 Å². The Kier molecular flexibility index (Phi) is 5.14. The van der Waals surface area contributed by atoms with Gasteiger partial charge < -0.3 is 15.1 Å². The molecule has 0 saturated carbocycles. The second kappa shape index (κ2) is 6.87. The number of nitrogens with one attached hydrogen (secondary N) is 1. The van der Waals surface area contributed by atoms with Gasteiger partial charge >= 0.3 is 0 Å². The second-order valence-corrected chi connectivity index (χ2v) is 6.32. The highest BCUT2D eigenvalue weighted by molar-refractivity contribution is 7.09. The highest BCUT2D eigenvalue weighted by Crippen LogP contribution is 2.22. The summed E-state index contributed by atoms with van der Waals surface area (Å²) in [6.45, 7) is 2.93. The first kappa shape index (κ1) is 15.7. The number of aromatic nitrogens is 2. The summed E-state index contributed by atoms with van der Waals surface area (Å²) in [5.74, 6) is 0.749. The third kappa shape index (κ3) is 4.15. The van der Waals surface area contributed by atoms with Crippen LogP contribution in [0.2, 0.25) is 0 Å². The van der Waals surface area contributed by atoms with Gasteiger partial charge in [0.25, 0.3) is 0 Å². The molecule has 5 nitrogen and oxygen atoms in total. The molecule has 1 atom stereocenters. The van der Waals surface area contributed by atoms with Gasteiger partial charge in [0.2, 0.25) is 11.1 Å². The Morgan fingerprint density at radius 1 is 1.24 bits per heavy atom. The number of likely N-dealkylation sites (N-methyl/N-ethyl adjacent to an activating group) is 1. The van der Waals surface area contributed by atoms with Gasteiger partial charge in [-0.1, -0.05) is 29.8 Å². The minimum absolute atomic E-state index is 0.302. The number of hydrogen-bond acceptors (Lipinski definition) is 6. The molecule has 0 radical (unpaired) electrons. The normalized spacial score (nSPS) is 12.5. The summed E-state index contributed by atoms with van der Waals surface area (Å²) in [6.07, 6.45) is 0. The fourth-order valence-corrected chi connectivity index (χ4v) is 2.77. The van der Waals surface area contributed by atoms with Crippen LogP contribution >= 0.6 is 11.5 Å². The van der Waals surface area contributed by atoms with Crippen molar-refractivity contribution in [2.45, 2.75) is 13.0 Å². The van der Waals surface area contributed by atoms with E-state index in [1.165, 1.54) is 22.7 Å². The molecule has 6 heteroatoms. The van der Waals surface area contributed by atoms with E-state index in [1.807, 2.05) is 19.0 Å². The Labute approximate surface area is 130 Å². The molecular formula is C15H23N5S. The molecule has 0 unspecified atom stereocenters. The predicted molar refractivity (Wildman–Crippen MR) is 90.3 cm³/mol. The Bertz CT molecular complexity index is 579. The van der Waals surface area contributed by atoms with Crippen LogP contribution in [0.3, 0.4) is 0 Å². The summed E-state index contributed by atoms with van der Waals surface area (Å²) in [5, 5.41) is 4.26. The molecule has 0 amide bonds. The van der Waals surface area contributed by atoms with Gasteiger partial charge in [-0.2, -0.15) is 9.36 Å². The van der Waals surface area contributed by atoms with Gasteiger partial charge in [-0.25, -0.2) is 0 Å². The van der Waals surface area contributed by atoms with Crippen molar-refractivity contribution in [3.05, 3.63) is 35.4 Å². The minimum atomic E-state index is 0.302. The van der Waals surface area contributed by atoms with E-state index in [-0.39, 0.29) is 0 Å². The fraction of sp³-hybridized carbons (Fsp3) is 0.467. The summed E-state index contributed by atoms with van der Waals surface area (Å²) in [7, 11) is 8.09. The molecule has 0 aliphatic carbocycles. The number of rotatable bonds is 6. The van der Waals surface area contributed by atoms with E-state index in [0.29, 0.717) is 6.04 Å². The first-order chi connectivity index (χ1) is 9.97. The van der Waals surface area contributed by atoms with Crippen molar-refractivity contribution in [3.8, 4) is 0 Å². The SMILES string of the molecule is Cc1cccc([C@H](CNc2nc(N(C)C)ns2)N(C)C)c1. The zero-order chi connectivity index (χ0) is 15.4. The Morgan fingerprint density at radius 3 is 2.57 bits per heavy atom. The molecule has 0 aliphatic heterocycles. The lowest BCUT2D eigenvalue weighted by molar-refractivity contribution is 0.311. The summed E-state index contributed by atoms with van der Waals surface area (Å²) in [5.41, 5.74) is 2.59. The maximum atomic E-state index is 4.46. The Balaban J connectivity index is 2.06. The maximum Gasteiger partial charge on any atom is 0.238 e. The van der Waals surface area contributed by atoms with Gasteiger partial charge in [-0.15, -0.1) is 0 Å². The zero-order valence-corrected chi connectivity index (χ0v) is 14.1. The van der Waals surface area contributed by atoms with E-state index in [4.69, 9.17) is 0 Å². The van der Waals surface area contributed by atoms with Crippen LogP contribution in [0.4, 0.5) is 11.1 Å². The predicted octanol–water partition coefficient (Wildman–Crippen LogP) is 2.63. The van der Waals surface area contributed by atoms with Crippen LogP contribution in [0.15, 0.2) is 24.3 Å². The molecule has 2 rings (SSSR count). The zero-order valence-electron chi connectivity index (χ0n) is 13.3. The highest BCUT2D eigenvalue weighted by atomic mass is 32.1. The monoisotopic (exact) mass is 305 g/mol. The van der Waals surface area contributed by atoms with E-state index in [9.17, 15) is 0 Å². The van der Waals surface area contributed by atoms with Gasteiger partial charge in [-0.05, 0) is 26.6 Å². The summed E-state index contributed by atoms with van der Waals surface area (Å²) in [6, 6.07) is 8.94. The Morgan fingerprint density at radius 2 is 2.00 bits per heavy atom. The minimum Gasteiger partial charge on any atom is -0.358 e. The second-order valence-electron chi connectivity index (χ2n) is 5.57. The maximum absolute atomic E-state index is 4.46. The number of benzene rings is 1. The average molecular weight is 305 g/mol. The lowest BCUT2D eigenvalue weighted by atomic mass is 10.0. The molecule has 0 fully saturated rings. The van der Waals surface area contributed by atoms with E-state index < -0.39 is 0 Å². The van der Waals surface area contributed by atoms with Gasteiger partial charge in [0, 0.05) is 32.2 Å². The number of nitrogens with zero attached hydrogens (tertiary/aromatic N) is 4. The fourth-order valence-electron chi connectivity index (χ4n) is 2.13. The molecule has 0 bridgehead atoms. The molecule has 0 spiro atoms. The van der Waals surface area contributed by atoms with Crippen molar-refractivity contribution in [2.75, 3.05) is 45.0 Å². The van der Waals surface area contributed by atoms with Crippen molar-refractivity contribution in [1.29, 1.82) is 0 Å². The highest BCUT2D eigenvalue weighted by Gasteiger charge is 2.15. The van der Waals surface area contributed by atoms with Crippen molar-refractivity contribution in [2.24, 2.45) is 0 Å². The van der Waals surface area contributed by atoms with Gasteiger partial charge in [-0.3, -0.25) is 0 Å². The summed E-state index contributed by atoms with van der Waals surface area (Å²) >= 11 is 1.40.